The molecule has 0 aromatic heterocycles. The summed E-state index contributed by atoms with van der Waals surface area (Å²) in [6.07, 6.45) is 0. The van der Waals surface area contributed by atoms with E-state index in [0.717, 1.165) is 0 Å². The number of carbonyl (C=O) groups excluding carboxylic acids is 2. The number of hydrogen-bond acceptors (Lipinski definition) is 3. The summed E-state index contributed by atoms with van der Waals surface area (Å²) in [5.41, 5.74) is 0.738. The predicted octanol–water partition coefficient (Wildman–Crippen LogP) is 1.88. The molecule has 1 aliphatic heterocycles. The van der Waals surface area contributed by atoms with Crippen LogP contribution in [0.25, 0.3) is 0 Å². The lowest BCUT2D eigenvalue weighted by molar-refractivity contribution is 0.101. The first-order chi connectivity index (χ1) is 10.0. The molecule has 1 saturated heterocycles. The first-order valence-electron chi connectivity index (χ1n) is 7.11. The van der Waals surface area contributed by atoms with Crippen LogP contribution in [0.15, 0.2) is 18.2 Å². The molecule has 21 heavy (non-hydrogen) atoms. The minimum atomic E-state index is -0.494. The van der Waals surface area contributed by atoms with Crippen LogP contribution in [0.4, 0.5) is 14.9 Å². The van der Waals surface area contributed by atoms with Crippen molar-refractivity contribution >= 4 is 17.5 Å². The maximum Gasteiger partial charge on any atom is 0.317 e. The number of piperazine rings is 1. The van der Waals surface area contributed by atoms with Crippen LogP contribution in [0.5, 0.6) is 0 Å². The van der Waals surface area contributed by atoms with E-state index in [-0.39, 0.29) is 17.4 Å². The number of halogens is 1. The molecule has 0 spiro atoms. The highest BCUT2D eigenvalue weighted by molar-refractivity contribution is 6.00. The lowest BCUT2D eigenvalue weighted by atomic mass is 10.1. The van der Waals surface area contributed by atoms with E-state index in [2.05, 4.69) is 5.32 Å². The smallest absolute Gasteiger partial charge is 0.317 e. The monoisotopic (exact) mass is 293 g/mol. The molecular formula is C15H20FN3O2. The zero-order chi connectivity index (χ0) is 15.4. The first-order valence-corrected chi connectivity index (χ1v) is 7.11. The zero-order valence-corrected chi connectivity index (χ0v) is 12.4. The molecule has 1 aliphatic rings. The Morgan fingerprint density at radius 1 is 1.24 bits per heavy atom. The molecule has 114 valence electrons. The Bertz CT molecular complexity index is 540. The summed E-state index contributed by atoms with van der Waals surface area (Å²) in [7, 11) is 0. The van der Waals surface area contributed by atoms with Crippen LogP contribution < -0.4 is 10.2 Å². The maximum absolute atomic E-state index is 13.8. The van der Waals surface area contributed by atoms with E-state index in [1.807, 2.05) is 11.8 Å². The average Bonchev–Trinajstić information content (AvgIpc) is 2.47. The molecule has 0 bridgehead atoms. The Kier molecular flexibility index (Phi) is 4.77. The fraction of sp³-hybridized carbons (Fsp3) is 0.467. The van der Waals surface area contributed by atoms with Gasteiger partial charge in [0, 0.05) is 32.7 Å². The second-order valence-electron chi connectivity index (χ2n) is 5.00. The van der Waals surface area contributed by atoms with Gasteiger partial charge in [-0.3, -0.25) is 4.79 Å². The zero-order valence-electron chi connectivity index (χ0n) is 12.4. The summed E-state index contributed by atoms with van der Waals surface area (Å²) < 4.78 is 13.8. The van der Waals surface area contributed by atoms with Crippen molar-refractivity contribution in [2.75, 3.05) is 37.6 Å². The van der Waals surface area contributed by atoms with E-state index in [1.165, 1.54) is 13.0 Å². The number of Topliss-reactive ketones (excluding diaryl/α,β-unsaturated/α-hetero) is 1. The van der Waals surface area contributed by atoms with Gasteiger partial charge in [0.25, 0.3) is 0 Å². The third-order valence-corrected chi connectivity index (χ3v) is 3.58. The van der Waals surface area contributed by atoms with E-state index >= 15 is 0 Å². The van der Waals surface area contributed by atoms with Crippen molar-refractivity contribution in [2.24, 2.45) is 0 Å². The number of urea groups is 1. The van der Waals surface area contributed by atoms with Gasteiger partial charge in [-0.1, -0.05) is 6.07 Å². The summed E-state index contributed by atoms with van der Waals surface area (Å²) in [6, 6.07) is 4.57. The number of carbonyl (C=O) groups is 2. The molecule has 6 heteroatoms. The summed E-state index contributed by atoms with van der Waals surface area (Å²) in [4.78, 5) is 27.1. The molecule has 1 fully saturated rings. The van der Waals surface area contributed by atoms with Crippen LogP contribution in [-0.4, -0.2) is 49.4 Å². The normalized spacial score (nSPS) is 15.0. The van der Waals surface area contributed by atoms with Crippen molar-refractivity contribution in [3.63, 3.8) is 0 Å². The number of amides is 2. The quantitative estimate of drug-likeness (QED) is 0.866. The van der Waals surface area contributed by atoms with Crippen molar-refractivity contribution in [3.05, 3.63) is 29.6 Å². The van der Waals surface area contributed by atoms with Gasteiger partial charge >= 0.3 is 6.03 Å². The molecule has 1 heterocycles. The highest BCUT2D eigenvalue weighted by atomic mass is 19.1. The third-order valence-electron chi connectivity index (χ3n) is 3.58. The standard InChI is InChI=1S/C15H20FN3O2/c1-3-17-15(21)19-9-7-18(8-10-19)13-6-4-5-12(16)14(13)11(2)20/h4-6H,3,7-10H2,1-2H3,(H,17,21). The highest BCUT2D eigenvalue weighted by Gasteiger charge is 2.24. The number of benzene rings is 1. The van der Waals surface area contributed by atoms with Gasteiger partial charge in [-0.25, -0.2) is 9.18 Å². The van der Waals surface area contributed by atoms with Gasteiger partial charge in [0.1, 0.15) is 5.82 Å². The summed E-state index contributed by atoms with van der Waals surface area (Å²) in [5, 5.41) is 2.76. The summed E-state index contributed by atoms with van der Waals surface area (Å²) in [5.74, 6) is -0.777. The van der Waals surface area contributed by atoms with Gasteiger partial charge in [0.15, 0.2) is 5.78 Å². The van der Waals surface area contributed by atoms with Crippen molar-refractivity contribution in [2.45, 2.75) is 13.8 Å². The van der Waals surface area contributed by atoms with Crippen LogP contribution in [-0.2, 0) is 0 Å². The Morgan fingerprint density at radius 3 is 2.48 bits per heavy atom. The van der Waals surface area contributed by atoms with Crippen molar-refractivity contribution in [1.82, 2.24) is 10.2 Å². The van der Waals surface area contributed by atoms with E-state index < -0.39 is 5.82 Å². The van der Waals surface area contributed by atoms with Gasteiger partial charge < -0.3 is 15.1 Å². The van der Waals surface area contributed by atoms with E-state index in [9.17, 15) is 14.0 Å². The van der Waals surface area contributed by atoms with Gasteiger partial charge in [-0.2, -0.15) is 0 Å². The first kappa shape index (κ1) is 15.3. The topological polar surface area (TPSA) is 52.7 Å². The Morgan fingerprint density at radius 2 is 1.90 bits per heavy atom. The SMILES string of the molecule is CCNC(=O)N1CCN(c2cccc(F)c2C(C)=O)CC1. The minimum absolute atomic E-state index is 0.0804. The minimum Gasteiger partial charge on any atom is -0.367 e. The van der Waals surface area contributed by atoms with Crippen LogP contribution in [0.1, 0.15) is 24.2 Å². The average molecular weight is 293 g/mol. The van der Waals surface area contributed by atoms with Crippen LogP contribution >= 0.6 is 0 Å². The lowest BCUT2D eigenvalue weighted by Gasteiger charge is -2.36. The Hall–Kier alpha value is -2.11. The number of ketones is 1. The molecule has 1 aromatic rings. The molecule has 0 atom stereocenters. The van der Waals surface area contributed by atoms with Crippen LogP contribution in [0, 0.1) is 5.82 Å². The number of hydrogen-bond donors (Lipinski definition) is 1. The molecular weight excluding hydrogens is 273 g/mol. The predicted molar refractivity (Wildman–Crippen MR) is 79.3 cm³/mol. The Labute approximate surface area is 123 Å². The number of anilines is 1. The number of nitrogens with zero attached hydrogens (tertiary/aromatic N) is 2. The van der Waals surface area contributed by atoms with E-state index in [1.54, 1.807) is 17.0 Å². The molecule has 1 aromatic carbocycles. The van der Waals surface area contributed by atoms with Gasteiger partial charge in [0.2, 0.25) is 0 Å². The third kappa shape index (κ3) is 3.32. The second-order valence-corrected chi connectivity index (χ2v) is 5.00. The second kappa shape index (κ2) is 6.56. The molecule has 0 aliphatic carbocycles. The van der Waals surface area contributed by atoms with E-state index in [4.69, 9.17) is 0 Å². The fourth-order valence-corrected chi connectivity index (χ4v) is 2.54. The highest BCUT2D eigenvalue weighted by Crippen LogP contribution is 2.25. The largest absolute Gasteiger partial charge is 0.367 e. The molecule has 2 rings (SSSR count). The molecule has 5 nitrogen and oxygen atoms in total. The maximum atomic E-state index is 13.8. The molecule has 1 N–H and O–H groups in total. The lowest BCUT2D eigenvalue weighted by Crippen LogP contribution is -2.52. The number of nitrogens with one attached hydrogen (secondary N) is 1. The van der Waals surface area contributed by atoms with Crippen molar-refractivity contribution in [1.29, 1.82) is 0 Å². The summed E-state index contributed by atoms with van der Waals surface area (Å²) >= 11 is 0. The molecule has 0 unspecified atom stereocenters. The molecule has 2 amide bonds. The van der Waals surface area contributed by atoms with Crippen molar-refractivity contribution < 1.29 is 14.0 Å². The fourth-order valence-electron chi connectivity index (χ4n) is 2.54. The Balaban J connectivity index is 2.11. The molecule has 0 radical (unpaired) electrons. The van der Waals surface area contributed by atoms with Crippen LogP contribution in [0.3, 0.4) is 0 Å². The molecule has 0 saturated carbocycles. The van der Waals surface area contributed by atoms with Gasteiger partial charge in [-0.15, -0.1) is 0 Å². The van der Waals surface area contributed by atoms with Crippen molar-refractivity contribution in [3.8, 4) is 0 Å². The van der Waals surface area contributed by atoms with Gasteiger partial charge in [-0.05, 0) is 26.0 Å². The number of rotatable bonds is 3. The van der Waals surface area contributed by atoms with Crippen LogP contribution in [0.2, 0.25) is 0 Å². The van der Waals surface area contributed by atoms with E-state index in [0.29, 0.717) is 38.4 Å². The summed E-state index contributed by atoms with van der Waals surface area (Å²) in [6.45, 7) is 6.12. The van der Waals surface area contributed by atoms with Gasteiger partial charge in [0.05, 0.1) is 11.3 Å².